The number of nitrogens with zero attached hydrogens (tertiary/aromatic N) is 1. The third-order valence-electron chi connectivity index (χ3n) is 6.49. The average Bonchev–Trinajstić information content (AvgIpc) is 3.19. The Hall–Kier alpha value is -2.79. The molecule has 5 nitrogen and oxygen atoms in total. The van der Waals surface area contributed by atoms with Crippen LogP contribution in [0.15, 0.2) is 48.5 Å². The van der Waals surface area contributed by atoms with Gasteiger partial charge in [-0.3, -0.25) is 0 Å². The van der Waals surface area contributed by atoms with Crippen LogP contribution >= 0.6 is 0 Å². The third kappa shape index (κ3) is 7.60. The standard InChI is InChI=1S/C30H41NO4/c1-5-6-7-8-9-10-11-22-12-15-26(16-13-22)35-21-25(32)20-31-27-17-14-23(29(33)34)18-24(27)19-28(31)30(2,3)4/h12-19,25,32H,5-11,20-21H2,1-4H3,(H,33,34). The van der Waals surface area contributed by atoms with Crippen molar-refractivity contribution in [1.82, 2.24) is 4.57 Å². The first-order valence-corrected chi connectivity index (χ1v) is 13.0. The molecule has 0 bridgehead atoms. The smallest absolute Gasteiger partial charge is 0.335 e. The number of carboxylic acids is 1. The van der Waals surface area contributed by atoms with Gasteiger partial charge < -0.3 is 19.5 Å². The van der Waals surface area contributed by atoms with Crippen molar-refractivity contribution in [2.75, 3.05) is 6.61 Å². The lowest BCUT2D eigenvalue weighted by molar-refractivity contribution is 0.0697. The predicted octanol–water partition coefficient (Wildman–Crippen LogP) is 6.98. The van der Waals surface area contributed by atoms with Crippen LogP contribution in [-0.2, 0) is 18.4 Å². The third-order valence-corrected chi connectivity index (χ3v) is 6.49. The molecule has 1 unspecified atom stereocenters. The Bertz CT molecular complexity index is 1090. The van der Waals surface area contributed by atoms with Gasteiger partial charge in [0, 0.05) is 22.0 Å². The van der Waals surface area contributed by atoms with Gasteiger partial charge in [-0.25, -0.2) is 4.79 Å². The van der Waals surface area contributed by atoms with Gasteiger partial charge in [-0.1, -0.05) is 71.9 Å². The topological polar surface area (TPSA) is 71.7 Å². The summed E-state index contributed by atoms with van der Waals surface area (Å²) < 4.78 is 7.97. The fraction of sp³-hybridized carbons (Fsp3) is 0.500. The Kier molecular flexibility index (Phi) is 9.39. The highest BCUT2D eigenvalue weighted by molar-refractivity contribution is 5.94. The number of aromatic nitrogens is 1. The lowest BCUT2D eigenvalue weighted by Crippen LogP contribution is -2.27. The van der Waals surface area contributed by atoms with E-state index in [0.29, 0.717) is 6.54 Å². The summed E-state index contributed by atoms with van der Waals surface area (Å²) in [6.07, 6.45) is 8.17. The van der Waals surface area contributed by atoms with E-state index >= 15 is 0 Å². The molecule has 190 valence electrons. The molecule has 0 aliphatic carbocycles. The van der Waals surface area contributed by atoms with Crippen LogP contribution in [0.1, 0.15) is 87.8 Å². The number of aliphatic hydroxyl groups excluding tert-OH is 1. The van der Waals surface area contributed by atoms with Gasteiger partial charge in [0.05, 0.1) is 12.1 Å². The summed E-state index contributed by atoms with van der Waals surface area (Å²) in [4.78, 5) is 11.4. The Morgan fingerprint density at radius 1 is 0.971 bits per heavy atom. The summed E-state index contributed by atoms with van der Waals surface area (Å²) in [5.74, 6) is -0.182. The second-order valence-electron chi connectivity index (χ2n) is 10.6. The molecule has 0 radical (unpaired) electrons. The molecule has 1 atom stereocenters. The molecule has 0 amide bonds. The zero-order chi connectivity index (χ0) is 25.4. The SMILES string of the molecule is CCCCCCCCc1ccc(OCC(O)Cn2c(C(C)(C)C)cc3cc(C(=O)O)ccc32)cc1. The largest absolute Gasteiger partial charge is 0.491 e. The fourth-order valence-corrected chi connectivity index (χ4v) is 4.54. The highest BCUT2D eigenvalue weighted by Crippen LogP contribution is 2.30. The van der Waals surface area contributed by atoms with Gasteiger partial charge in [-0.2, -0.15) is 0 Å². The number of fused-ring (bicyclic) bond motifs is 1. The fourth-order valence-electron chi connectivity index (χ4n) is 4.54. The van der Waals surface area contributed by atoms with E-state index in [4.69, 9.17) is 4.74 Å². The van der Waals surface area contributed by atoms with E-state index in [1.54, 1.807) is 12.1 Å². The monoisotopic (exact) mass is 479 g/mol. The molecule has 0 aliphatic heterocycles. The van der Waals surface area contributed by atoms with Crippen molar-refractivity contribution in [3.05, 3.63) is 65.4 Å². The number of ether oxygens (including phenoxy) is 1. The molecule has 35 heavy (non-hydrogen) atoms. The van der Waals surface area contributed by atoms with Crippen LogP contribution in [-0.4, -0.2) is 33.5 Å². The van der Waals surface area contributed by atoms with Crippen LogP contribution in [0.4, 0.5) is 0 Å². The van der Waals surface area contributed by atoms with Crippen molar-refractivity contribution in [2.45, 2.75) is 90.7 Å². The normalized spacial score (nSPS) is 12.7. The van der Waals surface area contributed by atoms with E-state index in [2.05, 4.69) is 44.4 Å². The first-order valence-electron chi connectivity index (χ1n) is 13.0. The summed E-state index contributed by atoms with van der Waals surface area (Å²) >= 11 is 0. The number of aliphatic hydroxyl groups is 1. The van der Waals surface area contributed by atoms with E-state index in [9.17, 15) is 15.0 Å². The Morgan fingerprint density at radius 3 is 2.31 bits per heavy atom. The van der Waals surface area contributed by atoms with Gasteiger partial charge in [-0.05, 0) is 54.8 Å². The van der Waals surface area contributed by atoms with Gasteiger partial charge >= 0.3 is 5.97 Å². The molecule has 0 saturated heterocycles. The second kappa shape index (κ2) is 12.3. The van der Waals surface area contributed by atoms with Crippen LogP contribution in [0.25, 0.3) is 10.9 Å². The van der Waals surface area contributed by atoms with E-state index in [1.165, 1.54) is 44.1 Å². The summed E-state index contributed by atoms with van der Waals surface area (Å²) in [5, 5.41) is 21.0. The maximum atomic E-state index is 11.4. The van der Waals surface area contributed by atoms with Gasteiger partial charge in [0.15, 0.2) is 0 Å². The quantitative estimate of drug-likeness (QED) is 0.259. The van der Waals surface area contributed by atoms with Gasteiger partial charge in [0.25, 0.3) is 0 Å². The molecule has 0 aliphatic rings. The van der Waals surface area contributed by atoms with E-state index in [-0.39, 0.29) is 17.6 Å². The lowest BCUT2D eigenvalue weighted by Gasteiger charge is -2.24. The first kappa shape index (κ1) is 26.8. The minimum Gasteiger partial charge on any atom is -0.491 e. The Balaban J connectivity index is 1.59. The van der Waals surface area contributed by atoms with E-state index in [0.717, 1.165) is 28.8 Å². The first-order chi connectivity index (χ1) is 16.7. The molecule has 1 heterocycles. The number of carbonyl (C=O) groups is 1. The zero-order valence-electron chi connectivity index (χ0n) is 21.7. The van der Waals surface area contributed by atoms with Crippen molar-refractivity contribution < 1.29 is 19.7 Å². The molecule has 0 spiro atoms. The van der Waals surface area contributed by atoms with Crippen LogP contribution in [0.3, 0.4) is 0 Å². The van der Waals surface area contributed by atoms with Crippen molar-refractivity contribution in [1.29, 1.82) is 0 Å². The number of hydrogen-bond donors (Lipinski definition) is 2. The van der Waals surface area contributed by atoms with Gasteiger partial charge in [0.1, 0.15) is 18.5 Å². The molecule has 2 aromatic carbocycles. The van der Waals surface area contributed by atoms with Crippen LogP contribution in [0.2, 0.25) is 0 Å². The Morgan fingerprint density at radius 2 is 1.66 bits per heavy atom. The molecular weight excluding hydrogens is 438 g/mol. The molecule has 3 rings (SSSR count). The van der Waals surface area contributed by atoms with Crippen molar-refractivity contribution in [3.63, 3.8) is 0 Å². The van der Waals surface area contributed by atoms with Gasteiger partial charge in [0.2, 0.25) is 0 Å². The zero-order valence-corrected chi connectivity index (χ0v) is 21.7. The highest BCUT2D eigenvalue weighted by atomic mass is 16.5. The number of benzene rings is 2. The minimum absolute atomic E-state index is 0.158. The summed E-state index contributed by atoms with van der Waals surface area (Å²) in [5.41, 5.74) is 3.39. The maximum absolute atomic E-state index is 11.4. The molecular formula is C30H41NO4. The Labute approximate surface area is 209 Å². The minimum atomic E-state index is -0.941. The van der Waals surface area contributed by atoms with Gasteiger partial charge in [-0.15, -0.1) is 0 Å². The molecule has 3 aromatic rings. The highest BCUT2D eigenvalue weighted by Gasteiger charge is 2.23. The maximum Gasteiger partial charge on any atom is 0.335 e. The number of hydrogen-bond acceptors (Lipinski definition) is 3. The predicted molar refractivity (Wildman–Crippen MR) is 143 cm³/mol. The van der Waals surface area contributed by atoms with Crippen molar-refractivity contribution in [2.24, 2.45) is 0 Å². The average molecular weight is 480 g/mol. The molecule has 2 N–H and O–H groups in total. The molecule has 0 fully saturated rings. The van der Waals surface area contributed by atoms with Crippen LogP contribution in [0.5, 0.6) is 5.75 Å². The number of aryl methyl sites for hydroxylation is 1. The summed E-state index contributed by atoms with van der Waals surface area (Å²) in [6.45, 7) is 9.15. The van der Waals surface area contributed by atoms with Crippen molar-refractivity contribution in [3.8, 4) is 5.75 Å². The van der Waals surface area contributed by atoms with Crippen LogP contribution in [0, 0.1) is 0 Å². The molecule has 5 heteroatoms. The lowest BCUT2D eigenvalue weighted by atomic mass is 9.92. The number of rotatable bonds is 13. The second-order valence-corrected chi connectivity index (χ2v) is 10.6. The summed E-state index contributed by atoms with van der Waals surface area (Å²) in [7, 11) is 0. The summed E-state index contributed by atoms with van der Waals surface area (Å²) in [6, 6.07) is 15.4. The number of unbranched alkanes of at least 4 members (excludes halogenated alkanes) is 5. The van der Waals surface area contributed by atoms with Crippen molar-refractivity contribution >= 4 is 16.9 Å². The molecule has 0 saturated carbocycles. The van der Waals surface area contributed by atoms with E-state index < -0.39 is 12.1 Å². The number of aromatic carboxylic acids is 1. The number of carboxylic acid groups (broad SMARTS) is 1. The van der Waals surface area contributed by atoms with Crippen LogP contribution < -0.4 is 4.74 Å². The molecule has 1 aromatic heterocycles. The van der Waals surface area contributed by atoms with E-state index in [1.807, 2.05) is 24.3 Å².